The van der Waals surface area contributed by atoms with Gasteiger partial charge >= 0.3 is 6.03 Å². The lowest BCUT2D eigenvalue weighted by Gasteiger charge is -2.44. The highest BCUT2D eigenvalue weighted by Crippen LogP contribution is 2.39. The maximum absolute atomic E-state index is 11.1. The van der Waals surface area contributed by atoms with Gasteiger partial charge in [-0.05, 0) is 36.3 Å². The van der Waals surface area contributed by atoms with Crippen molar-refractivity contribution in [3.63, 3.8) is 0 Å². The minimum absolute atomic E-state index is 0.266. The summed E-state index contributed by atoms with van der Waals surface area (Å²) in [6, 6.07) is 3.82. The Morgan fingerprint density at radius 2 is 2.22 bits per heavy atom. The van der Waals surface area contributed by atoms with Crippen LogP contribution >= 0.6 is 0 Å². The highest BCUT2D eigenvalue weighted by molar-refractivity contribution is 5.72. The third-order valence-corrected chi connectivity index (χ3v) is 4.22. The predicted octanol–water partition coefficient (Wildman–Crippen LogP) is 1.21. The van der Waals surface area contributed by atoms with Gasteiger partial charge in [0.25, 0.3) is 0 Å². The molecule has 0 unspecified atom stereocenters. The molecule has 96 valence electrons. The van der Waals surface area contributed by atoms with Crippen LogP contribution in [-0.4, -0.2) is 35.5 Å². The number of urea groups is 1. The summed E-state index contributed by atoms with van der Waals surface area (Å²) in [4.78, 5) is 17.2. The molecule has 0 bridgehead atoms. The number of hydrogen-bond acceptors (Lipinski definition) is 3. The number of nitrogens with one attached hydrogen (secondary N) is 1. The van der Waals surface area contributed by atoms with E-state index in [0.717, 1.165) is 44.7 Å². The molecule has 1 saturated heterocycles. The van der Waals surface area contributed by atoms with Crippen molar-refractivity contribution in [2.24, 2.45) is 11.1 Å². The van der Waals surface area contributed by atoms with Crippen LogP contribution in [0.25, 0.3) is 0 Å². The second-order valence-electron chi connectivity index (χ2n) is 5.37. The summed E-state index contributed by atoms with van der Waals surface area (Å²) in [6.45, 7) is 2.49. The fraction of sp³-hybridized carbons (Fsp3) is 0.538. The van der Waals surface area contributed by atoms with E-state index in [1.165, 1.54) is 5.56 Å². The molecule has 2 aliphatic rings. The van der Waals surface area contributed by atoms with E-state index in [-0.39, 0.29) is 11.4 Å². The highest BCUT2D eigenvalue weighted by Gasteiger charge is 2.38. The molecule has 1 aromatic heterocycles. The Hall–Kier alpha value is -1.78. The Labute approximate surface area is 106 Å². The average Bonchev–Trinajstić information content (AvgIpc) is 2.39. The first-order chi connectivity index (χ1) is 8.69. The normalized spacial score (nSPS) is 21.2. The van der Waals surface area contributed by atoms with Crippen LogP contribution in [-0.2, 0) is 6.42 Å². The average molecular weight is 246 g/mol. The van der Waals surface area contributed by atoms with Crippen molar-refractivity contribution in [1.29, 1.82) is 0 Å². The van der Waals surface area contributed by atoms with Gasteiger partial charge in [-0.1, -0.05) is 6.07 Å². The molecule has 5 heteroatoms. The first kappa shape index (κ1) is 11.3. The Morgan fingerprint density at radius 1 is 1.44 bits per heavy atom. The van der Waals surface area contributed by atoms with Crippen molar-refractivity contribution in [3.05, 3.63) is 23.9 Å². The van der Waals surface area contributed by atoms with Crippen molar-refractivity contribution in [2.75, 3.05) is 25.0 Å². The molecule has 3 N–H and O–H groups in total. The summed E-state index contributed by atoms with van der Waals surface area (Å²) >= 11 is 0. The fourth-order valence-electron chi connectivity index (χ4n) is 3.03. The van der Waals surface area contributed by atoms with E-state index < -0.39 is 0 Å². The lowest BCUT2D eigenvalue weighted by Crippen LogP contribution is -2.49. The Bertz CT molecular complexity index is 466. The SMILES string of the molecule is NC(=O)N1CCC2(CC1)CNc1ncccc1C2. The largest absolute Gasteiger partial charge is 0.369 e. The maximum Gasteiger partial charge on any atom is 0.314 e. The number of aromatic nitrogens is 1. The zero-order valence-corrected chi connectivity index (χ0v) is 10.4. The number of amides is 2. The summed E-state index contributed by atoms with van der Waals surface area (Å²) in [6.07, 6.45) is 4.89. The van der Waals surface area contributed by atoms with Crippen LogP contribution < -0.4 is 11.1 Å². The zero-order chi connectivity index (χ0) is 12.6. The van der Waals surface area contributed by atoms with Crippen LogP contribution in [0.3, 0.4) is 0 Å². The molecular weight excluding hydrogens is 228 g/mol. The van der Waals surface area contributed by atoms with Crippen molar-refractivity contribution < 1.29 is 4.79 Å². The van der Waals surface area contributed by atoms with E-state index in [1.54, 1.807) is 4.90 Å². The highest BCUT2D eigenvalue weighted by atomic mass is 16.2. The molecule has 1 spiro atoms. The molecule has 0 saturated carbocycles. The van der Waals surface area contributed by atoms with Gasteiger partial charge < -0.3 is 16.0 Å². The van der Waals surface area contributed by atoms with Gasteiger partial charge in [0, 0.05) is 25.8 Å². The van der Waals surface area contributed by atoms with E-state index in [2.05, 4.69) is 16.4 Å². The number of nitrogens with zero attached hydrogens (tertiary/aromatic N) is 2. The molecule has 1 aromatic rings. The summed E-state index contributed by atoms with van der Waals surface area (Å²) in [7, 11) is 0. The van der Waals surface area contributed by atoms with Crippen molar-refractivity contribution in [3.8, 4) is 0 Å². The maximum atomic E-state index is 11.1. The quantitative estimate of drug-likeness (QED) is 0.722. The van der Waals surface area contributed by atoms with Gasteiger partial charge in [0.05, 0.1) is 0 Å². The van der Waals surface area contributed by atoms with E-state index in [9.17, 15) is 4.79 Å². The standard InChI is InChI=1S/C13H18N4O/c14-12(18)17-6-3-13(4-7-17)8-10-2-1-5-15-11(10)16-9-13/h1-2,5H,3-4,6-9H2,(H2,14,18)(H,15,16). The van der Waals surface area contributed by atoms with Gasteiger partial charge in [0.1, 0.15) is 5.82 Å². The minimum atomic E-state index is -0.296. The Morgan fingerprint density at radius 3 is 2.94 bits per heavy atom. The number of carbonyl (C=O) groups is 1. The molecule has 2 amide bonds. The van der Waals surface area contributed by atoms with E-state index in [0.29, 0.717) is 0 Å². The van der Waals surface area contributed by atoms with Crippen molar-refractivity contribution in [1.82, 2.24) is 9.88 Å². The van der Waals surface area contributed by atoms with Gasteiger partial charge in [0.2, 0.25) is 0 Å². The number of piperidine rings is 1. The van der Waals surface area contributed by atoms with Gasteiger partial charge in [-0.3, -0.25) is 0 Å². The van der Waals surface area contributed by atoms with Crippen LogP contribution in [0.5, 0.6) is 0 Å². The number of likely N-dealkylation sites (tertiary alicyclic amines) is 1. The van der Waals surface area contributed by atoms with Crippen molar-refractivity contribution in [2.45, 2.75) is 19.3 Å². The molecule has 18 heavy (non-hydrogen) atoms. The van der Waals surface area contributed by atoms with Crippen molar-refractivity contribution >= 4 is 11.8 Å². The molecule has 3 heterocycles. The van der Waals surface area contributed by atoms with Gasteiger partial charge in [0.15, 0.2) is 0 Å². The molecule has 0 aromatic carbocycles. The van der Waals surface area contributed by atoms with Crippen LogP contribution in [0.2, 0.25) is 0 Å². The zero-order valence-electron chi connectivity index (χ0n) is 10.4. The molecule has 2 aliphatic heterocycles. The lowest BCUT2D eigenvalue weighted by atomic mass is 9.72. The van der Waals surface area contributed by atoms with Gasteiger partial charge in [-0.15, -0.1) is 0 Å². The Balaban J connectivity index is 1.74. The molecule has 3 rings (SSSR count). The van der Waals surface area contributed by atoms with E-state index >= 15 is 0 Å². The summed E-state index contributed by atoms with van der Waals surface area (Å²) in [5.74, 6) is 1.01. The lowest BCUT2D eigenvalue weighted by molar-refractivity contribution is 0.126. The van der Waals surface area contributed by atoms with Gasteiger partial charge in [-0.25, -0.2) is 9.78 Å². The number of carbonyl (C=O) groups excluding carboxylic acids is 1. The number of pyridine rings is 1. The van der Waals surface area contributed by atoms with Crippen LogP contribution in [0.15, 0.2) is 18.3 Å². The van der Waals surface area contributed by atoms with Crippen LogP contribution in [0.4, 0.5) is 10.6 Å². The first-order valence-corrected chi connectivity index (χ1v) is 6.41. The number of hydrogen-bond donors (Lipinski definition) is 2. The topological polar surface area (TPSA) is 71.2 Å². The molecule has 0 atom stereocenters. The minimum Gasteiger partial charge on any atom is -0.369 e. The fourth-order valence-corrected chi connectivity index (χ4v) is 3.03. The summed E-state index contributed by atoms with van der Waals surface area (Å²) in [5, 5.41) is 3.42. The van der Waals surface area contributed by atoms with Crippen LogP contribution in [0.1, 0.15) is 18.4 Å². The number of primary amides is 1. The molecule has 5 nitrogen and oxygen atoms in total. The summed E-state index contributed by atoms with van der Waals surface area (Å²) < 4.78 is 0. The predicted molar refractivity (Wildman–Crippen MR) is 69.3 cm³/mol. The molecule has 0 aliphatic carbocycles. The second kappa shape index (κ2) is 4.15. The third kappa shape index (κ3) is 1.89. The molecule has 0 radical (unpaired) electrons. The number of rotatable bonds is 0. The van der Waals surface area contributed by atoms with E-state index in [1.807, 2.05) is 12.3 Å². The summed E-state index contributed by atoms with van der Waals surface area (Å²) in [5.41, 5.74) is 6.88. The smallest absolute Gasteiger partial charge is 0.314 e. The first-order valence-electron chi connectivity index (χ1n) is 6.41. The molecular formula is C13H18N4O. The van der Waals surface area contributed by atoms with E-state index in [4.69, 9.17) is 5.73 Å². The monoisotopic (exact) mass is 246 g/mol. The second-order valence-corrected chi connectivity index (χ2v) is 5.37. The Kier molecular flexibility index (Phi) is 2.61. The molecule has 1 fully saturated rings. The van der Waals surface area contributed by atoms with Crippen LogP contribution in [0, 0.1) is 5.41 Å². The van der Waals surface area contributed by atoms with Gasteiger partial charge in [-0.2, -0.15) is 0 Å². The number of nitrogens with two attached hydrogens (primary N) is 1. The number of anilines is 1. The third-order valence-electron chi connectivity index (χ3n) is 4.22. The number of fused-ring (bicyclic) bond motifs is 1.